The van der Waals surface area contributed by atoms with Gasteiger partial charge in [-0.3, -0.25) is 0 Å². The van der Waals surface area contributed by atoms with Crippen molar-refractivity contribution in [3.05, 3.63) is 0 Å². The molecule has 1 fully saturated rings. The summed E-state index contributed by atoms with van der Waals surface area (Å²) in [5.74, 6) is 2.01. The van der Waals surface area contributed by atoms with Crippen molar-refractivity contribution in [2.75, 3.05) is 26.7 Å². The predicted molar refractivity (Wildman–Crippen MR) is 76.4 cm³/mol. The van der Waals surface area contributed by atoms with E-state index in [1.54, 1.807) is 0 Å². The van der Waals surface area contributed by atoms with Crippen LogP contribution in [0.5, 0.6) is 0 Å². The molecule has 0 aromatic carbocycles. The van der Waals surface area contributed by atoms with Crippen LogP contribution in [0.2, 0.25) is 0 Å². The van der Waals surface area contributed by atoms with Gasteiger partial charge in [-0.2, -0.15) is 0 Å². The molecule has 2 heteroatoms. The lowest BCUT2D eigenvalue weighted by Gasteiger charge is -2.16. The molecule has 1 saturated carbocycles. The van der Waals surface area contributed by atoms with Gasteiger partial charge in [0.1, 0.15) is 0 Å². The Morgan fingerprint density at radius 3 is 2.41 bits per heavy atom. The van der Waals surface area contributed by atoms with Gasteiger partial charge in [0.15, 0.2) is 0 Å². The maximum Gasteiger partial charge on any atom is 0.00103 e. The Morgan fingerprint density at radius 1 is 1.18 bits per heavy atom. The molecule has 1 N–H and O–H groups in total. The van der Waals surface area contributed by atoms with Gasteiger partial charge in [0.05, 0.1) is 0 Å². The van der Waals surface area contributed by atoms with E-state index >= 15 is 0 Å². The summed E-state index contributed by atoms with van der Waals surface area (Å²) in [6.07, 6.45) is 6.95. The first kappa shape index (κ1) is 15.0. The molecule has 0 aromatic rings. The van der Waals surface area contributed by atoms with Gasteiger partial charge in [0, 0.05) is 12.6 Å². The first-order chi connectivity index (χ1) is 8.09. The summed E-state index contributed by atoms with van der Waals surface area (Å²) in [6.45, 7) is 10.6. The Balaban J connectivity index is 1.80. The highest BCUT2D eigenvalue weighted by atomic mass is 15.1. The zero-order valence-electron chi connectivity index (χ0n) is 12.3. The highest BCUT2D eigenvalue weighted by Crippen LogP contribution is 2.37. The smallest absolute Gasteiger partial charge is 0.00103 e. The molecular weight excluding hydrogens is 208 g/mol. The van der Waals surface area contributed by atoms with Crippen molar-refractivity contribution in [1.82, 2.24) is 10.2 Å². The van der Waals surface area contributed by atoms with Gasteiger partial charge in [-0.1, -0.05) is 33.6 Å². The molecule has 0 amide bonds. The third kappa shape index (κ3) is 7.77. The van der Waals surface area contributed by atoms with Crippen LogP contribution in [0.3, 0.4) is 0 Å². The monoisotopic (exact) mass is 240 g/mol. The summed E-state index contributed by atoms with van der Waals surface area (Å²) in [5, 5.41) is 3.47. The Hall–Kier alpha value is -0.0800. The van der Waals surface area contributed by atoms with Crippen LogP contribution < -0.4 is 5.32 Å². The molecule has 17 heavy (non-hydrogen) atoms. The second-order valence-corrected chi connectivity index (χ2v) is 6.26. The first-order valence-corrected chi connectivity index (χ1v) is 7.51. The van der Waals surface area contributed by atoms with Crippen molar-refractivity contribution >= 4 is 0 Å². The molecule has 2 atom stereocenters. The molecule has 2 unspecified atom stereocenters. The maximum atomic E-state index is 3.47. The Morgan fingerprint density at radius 2 is 1.82 bits per heavy atom. The van der Waals surface area contributed by atoms with Crippen LogP contribution in [0.25, 0.3) is 0 Å². The first-order valence-electron chi connectivity index (χ1n) is 7.51. The van der Waals surface area contributed by atoms with Crippen molar-refractivity contribution in [3.63, 3.8) is 0 Å². The molecule has 0 bridgehead atoms. The van der Waals surface area contributed by atoms with Crippen LogP contribution in [0.15, 0.2) is 0 Å². The van der Waals surface area contributed by atoms with Crippen LogP contribution in [-0.2, 0) is 0 Å². The fourth-order valence-corrected chi connectivity index (χ4v) is 2.40. The second kappa shape index (κ2) is 8.10. The Bertz CT molecular complexity index is 191. The predicted octanol–water partition coefficient (Wildman–Crippen LogP) is 3.13. The summed E-state index contributed by atoms with van der Waals surface area (Å²) >= 11 is 0. The average Bonchev–Trinajstić information content (AvgIpc) is 2.92. The molecule has 0 heterocycles. The molecule has 0 aliphatic heterocycles. The molecule has 0 spiro atoms. The number of hydrogen-bond donors (Lipinski definition) is 1. The van der Waals surface area contributed by atoms with Crippen LogP contribution in [0.1, 0.15) is 52.9 Å². The quantitative estimate of drug-likeness (QED) is 0.590. The van der Waals surface area contributed by atoms with Gasteiger partial charge in [0.2, 0.25) is 0 Å². The van der Waals surface area contributed by atoms with Gasteiger partial charge in [-0.25, -0.2) is 0 Å². The lowest BCUT2D eigenvalue weighted by Crippen LogP contribution is -2.24. The van der Waals surface area contributed by atoms with Gasteiger partial charge in [-0.05, 0) is 51.2 Å². The minimum Gasteiger partial charge on any atom is -0.315 e. The summed E-state index contributed by atoms with van der Waals surface area (Å²) in [5.41, 5.74) is 0. The largest absolute Gasteiger partial charge is 0.315 e. The Kier molecular flexibility index (Phi) is 7.14. The fourth-order valence-electron chi connectivity index (χ4n) is 2.40. The SMILES string of the molecule is CC(C)NCCCCCCN(C)CC1CC1C. The summed E-state index contributed by atoms with van der Waals surface area (Å²) in [7, 11) is 2.28. The maximum absolute atomic E-state index is 3.47. The molecule has 2 nitrogen and oxygen atoms in total. The number of unbranched alkanes of at least 4 members (excludes halogenated alkanes) is 3. The van der Waals surface area contributed by atoms with Gasteiger partial charge in [0.25, 0.3) is 0 Å². The third-order valence-electron chi connectivity index (χ3n) is 3.84. The normalized spacial score (nSPS) is 23.6. The number of hydrogen-bond acceptors (Lipinski definition) is 2. The van der Waals surface area contributed by atoms with E-state index in [0.29, 0.717) is 6.04 Å². The zero-order valence-corrected chi connectivity index (χ0v) is 12.3. The summed E-state index contributed by atoms with van der Waals surface area (Å²) in [6, 6.07) is 0.640. The average molecular weight is 240 g/mol. The highest BCUT2D eigenvalue weighted by molar-refractivity contribution is 4.84. The van der Waals surface area contributed by atoms with Crippen molar-refractivity contribution in [3.8, 4) is 0 Å². The van der Waals surface area contributed by atoms with E-state index < -0.39 is 0 Å². The van der Waals surface area contributed by atoms with Gasteiger partial charge >= 0.3 is 0 Å². The van der Waals surface area contributed by atoms with Crippen LogP contribution in [0.4, 0.5) is 0 Å². The van der Waals surface area contributed by atoms with E-state index in [-0.39, 0.29) is 0 Å². The molecule has 1 rings (SSSR count). The topological polar surface area (TPSA) is 15.3 Å². The minimum atomic E-state index is 0.640. The van der Waals surface area contributed by atoms with Crippen LogP contribution >= 0.6 is 0 Å². The highest BCUT2D eigenvalue weighted by Gasteiger charge is 2.32. The fraction of sp³-hybridized carbons (Fsp3) is 1.00. The van der Waals surface area contributed by atoms with Crippen molar-refractivity contribution in [2.24, 2.45) is 11.8 Å². The molecule has 0 radical (unpaired) electrons. The third-order valence-corrected chi connectivity index (χ3v) is 3.84. The number of rotatable bonds is 10. The number of nitrogens with one attached hydrogen (secondary N) is 1. The molecule has 1 aliphatic carbocycles. The van der Waals surface area contributed by atoms with Gasteiger partial charge < -0.3 is 10.2 Å². The lowest BCUT2D eigenvalue weighted by molar-refractivity contribution is 0.306. The van der Waals surface area contributed by atoms with Crippen LogP contribution in [0, 0.1) is 11.8 Å². The molecular formula is C15H32N2. The summed E-state index contributed by atoms with van der Waals surface area (Å²) in [4.78, 5) is 2.53. The Labute approximate surface area is 108 Å². The van der Waals surface area contributed by atoms with E-state index in [1.807, 2.05) is 0 Å². The number of nitrogens with zero attached hydrogens (tertiary/aromatic N) is 1. The standard InChI is InChI=1S/C15H32N2/c1-13(2)16-9-7-5-6-8-10-17(4)12-15-11-14(15)3/h13-16H,5-12H2,1-4H3. The van der Waals surface area contributed by atoms with Gasteiger partial charge in [-0.15, -0.1) is 0 Å². The zero-order chi connectivity index (χ0) is 12.7. The lowest BCUT2D eigenvalue weighted by atomic mass is 10.2. The minimum absolute atomic E-state index is 0.640. The van der Waals surface area contributed by atoms with Crippen molar-refractivity contribution < 1.29 is 0 Å². The molecule has 0 aromatic heterocycles. The van der Waals surface area contributed by atoms with E-state index in [9.17, 15) is 0 Å². The van der Waals surface area contributed by atoms with E-state index in [4.69, 9.17) is 0 Å². The van der Waals surface area contributed by atoms with Crippen LogP contribution in [-0.4, -0.2) is 37.6 Å². The molecule has 0 saturated heterocycles. The second-order valence-electron chi connectivity index (χ2n) is 6.26. The van der Waals surface area contributed by atoms with E-state index in [0.717, 1.165) is 11.8 Å². The molecule has 102 valence electrons. The molecule has 1 aliphatic rings. The van der Waals surface area contributed by atoms with Crippen molar-refractivity contribution in [1.29, 1.82) is 0 Å². The van der Waals surface area contributed by atoms with E-state index in [1.165, 1.54) is 51.7 Å². The van der Waals surface area contributed by atoms with Crippen molar-refractivity contribution in [2.45, 2.75) is 58.9 Å². The summed E-state index contributed by atoms with van der Waals surface area (Å²) < 4.78 is 0. The van der Waals surface area contributed by atoms with E-state index in [2.05, 4.69) is 38.0 Å².